The lowest BCUT2D eigenvalue weighted by molar-refractivity contribution is -0.0910. The van der Waals surface area contributed by atoms with E-state index in [1.807, 2.05) is 60.7 Å². The average molecular weight is 465 g/mol. The molecule has 2 fully saturated rings. The first-order chi connectivity index (χ1) is 16.6. The second kappa shape index (κ2) is 8.08. The van der Waals surface area contributed by atoms with Crippen molar-refractivity contribution in [3.05, 3.63) is 89.8 Å². The van der Waals surface area contributed by atoms with Crippen molar-refractivity contribution in [2.24, 2.45) is 0 Å². The van der Waals surface area contributed by atoms with E-state index in [1.54, 1.807) is 0 Å². The zero-order chi connectivity index (χ0) is 23.3. The molecule has 3 heterocycles. The van der Waals surface area contributed by atoms with Crippen LogP contribution in [-0.2, 0) is 27.4 Å². The van der Waals surface area contributed by atoms with E-state index in [1.165, 1.54) is 6.20 Å². The van der Waals surface area contributed by atoms with E-state index < -0.39 is 36.2 Å². The molecule has 1 aliphatic carbocycles. The quantitative estimate of drug-likeness (QED) is 0.448. The standard InChI is InChI=1S/C24H21F2N5O3/c25-18-17(16-11-28-22-21(27)29-23(26)30-31(16)22)34-20-19(32-12-14-7-3-1-4-8-14)24(18,20)33-13-15-9-5-2-6-10-15/h1-11,17-20H,12-13H2,(H2,27,29,30)/t17-,18-,19?,20+,24+/m0/s1. The summed E-state index contributed by atoms with van der Waals surface area (Å²) >= 11 is 0. The van der Waals surface area contributed by atoms with Crippen LogP contribution in [0.25, 0.3) is 5.65 Å². The van der Waals surface area contributed by atoms with Gasteiger partial charge in [0, 0.05) is 0 Å². The predicted octanol–water partition coefficient (Wildman–Crippen LogP) is 3.18. The molecule has 1 aliphatic heterocycles. The molecule has 0 bridgehead atoms. The molecule has 1 saturated heterocycles. The molecule has 0 spiro atoms. The Morgan fingerprint density at radius 1 is 1.03 bits per heavy atom. The highest BCUT2D eigenvalue weighted by Gasteiger charge is 2.80. The lowest BCUT2D eigenvalue weighted by Gasteiger charge is -2.23. The van der Waals surface area contributed by atoms with Crippen LogP contribution in [-0.4, -0.2) is 43.6 Å². The van der Waals surface area contributed by atoms with Gasteiger partial charge in [-0.15, -0.1) is 5.10 Å². The first kappa shape index (κ1) is 21.1. The van der Waals surface area contributed by atoms with Gasteiger partial charge in [-0.1, -0.05) is 60.7 Å². The summed E-state index contributed by atoms with van der Waals surface area (Å²) in [6, 6.07) is 19.1. The van der Waals surface area contributed by atoms with Crippen LogP contribution in [0.4, 0.5) is 14.6 Å². The van der Waals surface area contributed by atoms with Gasteiger partial charge in [0.15, 0.2) is 23.2 Å². The summed E-state index contributed by atoms with van der Waals surface area (Å²) in [4.78, 5) is 7.58. The van der Waals surface area contributed by atoms with Gasteiger partial charge >= 0.3 is 6.08 Å². The van der Waals surface area contributed by atoms with Crippen LogP contribution in [0.1, 0.15) is 22.9 Å². The Balaban J connectivity index is 1.28. The van der Waals surface area contributed by atoms with E-state index in [9.17, 15) is 4.39 Å². The van der Waals surface area contributed by atoms with E-state index in [0.29, 0.717) is 6.61 Å². The molecular weight excluding hydrogens is 444 g/mol. The van der Waals surface area contributed by atoms with Gasteiger partial charge in [-0.05, 0) is 11.1 Å². The van der Waals surface area contributed by atoms with E-state index in [-0.39, 0.29) is 23.8 Å². The van der Waals surface area contributed by atoms with Crippen LogP contribution in [0, 0.1) is 6.08 Å². The summed E-state index contributed by atoms with van der Waals surface area (Å²) < 4.78 is 49.3. The maximum atomic E-state index is 16.1. The number of ether oxygens (including phenoxy) is 3. The van der Waals surface area contributed by atoms with Crippen molar-refractivity contribution >= 4 is 11.5 Å². The maximum Gasteiger partial charge on any atom is 0.328 e. The zero-order valence-electron chi connectivity index (χ0n) is 17.9. The number of hydrogen-bond acceptors (Lipinski definition) is 7. The lowest BCUT2D eigenvalue weighted by Crippen LogP contribution is -2.35. The molecule has 1 unspecified atom stereocenters. The first-order valence-corrected chi connectivity index (χ1v) is 10.9. The smallest absolute Gasteiger partial charge is 0.328 e. The third-order valence-electron chi connectivity index (χ3n) is 6.33. The molecule has 0 radical (unpaired) electrons. The number of halogens is 2. The van der Waals surface area contributed by atoms with Gasteiger partial charge in [0.2, 0.25) is 0 Å². The predicted molar refractivity (Wildman–Crippen MR) is 117 cm³/mol. The SMILES string of the molecule is Nc1nc(F)nn2c([C@@H]3O[C@@H]4C(OCc5ccccc5)[C@]4(OCc4ccccc4)[C@H]3F)cnc12. The molecule has 1 saturated carbocycles. The number of rotatable bonds is 7. The molecule has 2 N–H and O–H groups in total. The Kier molecular flexibility index (Phi) is 5.01. The Labute approximate surface area is 193 Å². The number of alkyl halides is 1. The molecule has 0 amide bonds. The van der Waals surface area contributed by atoms with Crippen LogP contribution < -0.4 is 5.73 Å². The van der Waals surface area contributed by atoms with Crippen molar-refractivity contribution in [2.45, 2.75) is 43.3 Å². The van der Waals surface area contributed by atoms with E-state index >= 15 is 4.39 Å². The average Bonchev–Trinajstić information content (AvgIpc) is 3.08. The number of aromatic nitrogens is 4. The second-order valence-corrected chi connectivity index (χ2v) is 8.41. The van der Waals surface area contributed by atoms with Crippen molar-refractivity contribution in [1.29, 1.82) is 0 Å². The van der Waals surface area contributed by atoms with Crippen molar-refractivity contribution < 1.29 is 23.0 Å². The van der Waals surface area contributed by atoms with Gasteiger partial charge in [0.05, 0.1) is 25.1 Å². The third kappa shape index (κ3) is 3.33. The molecule has 2 aliphatic rings. The number of imidazole rings is 1. The van der Waals surface area contributed by atoms with Crippen LogP contribution in [0.3, 0.4) is 0 Å². The highest BCUT2D eigenvalue weighted by Crippen LogP contribution is 2.60. The number of benzene rings is 2. The summed E-state index contributed by atoms with van der Waals surface area (Å²) in [6.45, 7) is 0.486. The zero-order valence-corrected chi connectivity index (χ0v) is 17.9. The maximum absolute atomic E-state index is 16.1. The number of nitrogens with zero attached hydrogens (tertiary/aromatic N) is 4. The number of anilines is 1. The van der Waals surface area contributed by atoms with E-state index in [0.717, 1.165) is 15.6 Å². The highest BCUT2D eigenvalue weighted by atomic mass is 19.1. The summed E-state index contributed by atoms with van der Waals surface area (Å²) in [5.41, 5.74) is 6.65. The number of hydrogen-bond donors (Lipinski definition) is 1. The second-order valence-electron chi connectivity index (χ2n) is 8.41. The Bertz CT molecular complexity index is 1320. The van der Waals surface area contributed by atoms with Crippen molar-refractivity contribution in [3.8, 4) is 0 Å². The molecule has 5 atom stereocenters. The highest BCUT2D eigenvalue weighted by molar-refractivity contribution is 5.59. The number of nitrogen functional groups attached to an aromatic ring is 1. The first-order valence-electron chi connectivity index (χ1n) is 10.9. The summed E-state index contributed by atoms with van der Waals surface area (Å²) in [5.74, 6) is -0.142. The summed E-state index contributed by atoms with van der Waals surface area (Å²) in [5, 5.41) is 3.70. The number of nitrogens with two attached hydrogens (primary N) is 1. The topological polar surface area (TPSA) is 96.8 Å². The Morgan fingerprint density at radius 3 is 2.41 bits per heavy atom. The van der Waals surface area contributed by atoms with E-state index in [4.69, 9.17) is 19.9 Å². The van der Waals surface area contributed by atoms with Gasteiger partial charge < -0.3 is 19.9 Å². The number of fused-ring (bicyclic) bond motifs is 2. The fourth-order valence-electron chi connectivity index (χ4n) is 4.59. The molecule has 10 heteroatoms. The molecular formula is C24H21F2N5O3. The Morgan fingerprint density at radius 2 is 1.71 bits per heavy atom. The summed E-state index contributed by atoms with van der Waals surface area (Å²) in [7, 11) is 0. The minimum absolute atomic E-state index is 0.129. The Hall–Kier alpha value is -3.47. The molecule has 2 aromatic heterocycles. The van der Waals surface area contributed by atoms with Crippen molar-refractivity contribution in [1.82, 2.24) is 19.6 Å². The molecule has 2 aromatic carbocycles. The third-order valence-corrected chi connectivity index (χ3v) is 6.33. The normalized spacial score (nSPS) is 27.7. The van der Waals surface area contributed by atoms with Gasteiger partial charge in [-0.25, -0.2) is 13.9 Å². The summed E-state index contributed by atoms with van der Waals surface area (Å²) in [6.07, 6.45) is -3.61. The van der Waals surface area contributed by atoms with Crippen LogP contribution in [0.2, 0.25) is 0 Å². The fourth-order valence-corrected chi connectivity index (χ4v) is 4.59. The molecule has 4 aromatic rings. The van der Waals surface area contributed by atoms with Gasteiger partial charge in [0.1, 0.15) is 18.3 Å². The monoisotopic (exact) mass is 465 g/mol. The lowest BCUT2D eigenvalue weighted by atomic mass is 10.1. The molecule has 34 heavy (non-hydrogen) atoms. The van der Waals surface area contributed by atoms with Crippen molar-refractivity contribution in [2.75, 3.05) is 5.73 Å². The van der Waals surface area contributed by atoms with E-state index in [2.05, 4.69) is 15.1 Å². The van der Waals surface area contributed by atoms with Crippen LogP contribution in [0.5, 0.6) is 0 Å². The van der Waals surface area contributed by atoms with Gasteiger partial charge in [-0.2, -0.15) is 9.37 Å². The molecule has 8 nitrogen and oxygen atoms in total. The van der Waals surface area contributed by atoms with Crippen LogP contribution >= 0.6 is 0 Å². The molecule has 6 rings (SSSR count). The van der Waals surface area contributed by atoms with Gasteiger partial charge in [-0.3, -0.25) is 0 Å². The molecule has 174 valence electrons. The van der Waals surface area contributed by atoms with Crippen LogP contribution in [0.15, 0.2) is 66.9 Å². The van der Waals surface area contributed by atoms with Gasteiger partial charge in [0.25, 0.3) is 0 Å². The largest absolute Gasteiger partial charge is 0.380 e. The fraction of sp³-hybridized carbons (Fsp3) is 0.292. The minimum atomic E-state index is -1.61. The minimum Gasteiger partial charge on any atom is -0.380 e. The van der Waals surface area contributed by atoms with Crippen molar-refractivity contribution in [3.63, 3.8) is 0 Å².